The van der Waals surface area contributed by atoms with Crippen LogP contribution >= 0.6 is 0 Å². The number of nitrogens with zero attached hydrogens (tertiary/aromatic N) is 1. The van der Waals surface area contributed by atoms with Gasteiger partial charge in [-0.2, -0.15) is 0 Å². The third kappa shape index (κ3) is 7.50. The summed E-state index contributed by atoms with van der Waals surface area (Å²) in [6.07, 6.45) is 3.61. The van der Waals surface area contributed by atoms with Gasteiger partial charge in [0.1, 0.15) is 6.61 Å². The van der Waals surface area contributed by atoms with Crippen molar-refractivity contribution in [3.63, 3.8) is 0 Å². The number of pyridine rings is 1. The Morgan fingerprint density at radius 3 is 2.68 bits per heavy atom. The number of hydrogen-bond acceptors (Lipinski definition) is 5. The second kappa shape index (κ2) is 7.82. The van der Waals surface area contributed by atoms with E-state index in [0.717, 1.165) is 5.56 Å². The fraction of sp³-hybridized carbons (Fsp3) is 0.455. The molecule has 0 fully saturated rings. The molecule has 1 heterocycles. The predicted octanol–water partition coefficient (Wildman–Crippen LogP) is -0.355. The van der Waals surface area contributed by atoms with Gasteiger partial charge < -0.3 is 9.84 Å². The van der Waals surface area contributed by atoms with Crippen LogP contribution in [0, 0.1) is 0 Å². The zero-order valence-electron chi connectivity index (χ0n) is 10.3. The summed E-state index contributed by atoms with van der Waals surface area (Å²) >= 11 is 0. The average molecular weight is 288 g/mol. The van der Waals surface area contributed by atoms with Crippen LogP contribution < -0.4 is 4.72 Å². The predicted molar refractivity (Wildman–Crippen MR) is 68.2 cm³/mol. The van der Waals surface area contributed by atoms with E-state index in [1.807, 2.05) is 0 Å². The van der Waals surface area contributed by atoms with E-state index in [0.29, 0.717) is 6.42 Å². The van der Waals surface area contributed by atoms with Crippen LogP contribution in [0.1, 0.15) is 5.56 Å². The van der Waals surface area contributed by atoms with Crippen LogP contribution in [0.5, 0.6) is 0 Å². The Morgan fingerprint density at radius 2 is 2.05 bits per heavy atom. The van der Waals surface area contributed by atoms with Crippen molar-refractivity contribution < 1.29 is 23.1 Å². The van der Waals surface area contributed by atoms with Gasteiger partial charge in [0.15, 0.2) is 0 Å². The molecule has 0 amide bonds. The Morgan fingerprint density at radius 1 is 1.37 bits per heavy atom. The molecule has 0 aliphatic carbocycles. The van der Waals surface area contributed by atoms with Crippen molar-refractivity contribution in [1.29, 1.82) is 0 Å². The first-order chi connectivity index (χ1) is 8.99. The molecule has 0 atom stereocenters. The van der Waals surface area contributed by atoms with E-state index in [9.17, 15) is 13.2 Å². The number of sulfonamides is 1. The lowest BCUT2D eigenvalue weighted by atomic mass is 10.2. The van der Waals surface area contributed by atoms with Crippen molar-refractivity contribution in [2.45, 2.75) is 6.42 Å². The van der Waals surface area contributed by atoms with E-state index < -0.39 is 22.6 Å². The molecule has 0 aliphatic heterocycles. The van der Waals surface area contributed by atoms with E-state index in [4.69, 9.17) is 9.84 Å². The first-order valence-electron chi connectivity index (χ1n) is 5.65. The van der Waals surface area contributed by atoms with Gasteiger partial charge in [-0.15, -0.1) is 0 Å². The second-order valence-corrected chi connectivity index (χ2v) is 5.69. The highest BCUT2D eigenvalue weighted by molar-refractivity contribution is 7.89. The monoisotopic (exact) mass is 288 g/mol. The second-order valence-electron chi connectivity index (χ2n) is 3.76. The summed E-state index contributed by atoms with van der Waals surface area (Å²) in [5.74, 6) is -1.11. The fourth-order valence-corrected chi connectivity index (χ4v) is 2.35. The van der Waals surface area contributed by atoms with Crippen molar-refractivity contribution in [3.05, 3.63) is 30.1 Å². The third-order valence-electron chi connectivity index (χ3n) is 2.20. The van der Waals surface area contributed by atoms with Crippen LogP contribution in [0.2, 0.25) is 0 Å². The molecule has 7 nitrogen and oxygen atoms in total. The Bertz CT molecular complexity index is 489. The maximum atomic E-state index is 11.6. The number of hydrogen-bond donors (Lipinski definition) is 2. The number of rotatable bonds is 9. The highest BCUT2D eigenvalue weighted by Gasteiger charge is 2.09. The van der Waals surface area contributed by atoms with Crippen LogP contribution in [0.25, 0.3) is 0 Å². The molecule has 0 bridgehead atoms. The topological polar surface area (TPSA) is 106 Å². The molecule has 0 unspecified atom stereocenters. The molecule has 1 aromatic rings. The van der Waals surface area contributed by atoms with Crippen molar-refractivity contribution >= 4 is 16.0 Å². The summed E-state index contributed by atoms with van der Waals surface area (Å²) in [7, 11) is -3.38. The zero-order chi connectivity index (χ0) is 14.1. The zero-order valence-corrected chi connectivity index (χ0v) is 11.1. The molecule has 8 heteroatoms. The van der Waals surface area contributed by atoms with Gasteiger partial charge in [0.25, 0.3) is 0 Å². The molecular formula is C11H16N2O5S. The summed E-state index contributed by atoms with van der Waals surface area (Å²) in [6, 6.07) is 3.51. The highest BCUT2D eigenvalue weighted by atomic mass is 32.2. The molecule has 106 valence electrons. The van der Waals surface area contributed by atoms with Crippen molar-refractivity contribution in [3.8, 4) is 0 Å². The first-order valence-corrected chi connectivity index (χ1v) is 7.30. The van der Waals surface area contributed by atoms with Gasteiger partial charge in [0.05, 0.1) is 12.4 Å². The molecule has 2 N–H and O–H groups in total. The number of carbonyl (C=O) groups is 1. The van der Waals surface area contributed by atoms with Crippen molar-refractivity contribution in [2.24, 2.45) is 0 Å². The van der Waals surface area contributed by atoms with Gasteiger partial charge in [-0.05, 0) is 24.1 Å². The van der Waals surface area contributed by atoms with Gasteiger partial charge in [-0.25, -0.2) is 17.9 Å². The summed E-state index contributed by atoms with van der Waals surface area (Å²) in [5, 5.41) is 8.31. The van der Waals surface area contributed by atoms with Crippen LogP contribution in [0.4, 0.5) is 0 Å². The molecule has 0 aliphatic rings. The number of nitrogens with one attached hydrogen (secondary N) is 1. The van der Waals surface area contributed by atoms with Gasteiger partial charge in [-0.3, -0.25) is 4.98 Å². The van der Waals surface area contributed by atoms with Crippen LogP contribution in [0.15, 0.2) is 24.5 Å². The lowest BCUT2D eigenvalue weighted by Gasteiger charge is -2.06. The number of aryl methyl sites for hydroxylation is 1. The fourth-order valence-electron chi connectivity index (χ4n) is 1.30. The van der Waals surface area contributed by atoms with Crippen LogP contribution in [-0.4, -0.2) is 50.0 Å². The molecule has 0 aromatic carbocycles. The third-order valence-corrected chi connectivity index (χ3v) is 3.59. The average Bonchev–Trinajstić information content (AvgIpc) is 2.37. The van der Waals surface area contributed by atoms with Crippen LogP contribution in [0.3, 0.4) is 0 Å². The Balaban J connectivity index is 2.23. The first kappa shape index (κ1) is 15.5. The Hall–Kier alpha value is -1.51. The lowest BCUT2D eigenvalue weighted by molar-refractivity contribution is -0.142. The molecule has 1 rings (SSSR count). The molecule has 0 radical (unpaired) electrons. The summed E-state index contributed by atoms with van der Waals surface area (Å²) < 4.78 is 30.3. The SMILES string of the molecule is O=C(O)COCCNS(=O)(=O)CCc1ccncc1. The number of carboxylic acid groups (broad SMARTS) is 1. The largest absolute Gasteiger partial charge is 0.480 e. The number of ether oxygens (including phenoxy) is 1. The van der Waals surface area contributed by atoms with E-state index >= 15 is 0 Å². The minimum atomic E-state index is -3.38. The Kier molecular flexibility index (Phi) is 6.40. The quantitative estimate of drug-likeness (QED) is 0.601. The summed E-state index contributed by atoms with van der Waals surface area (Å²) in [6.45, 7) is -0.342. The van der Waals surface area contributed by atoms with Crippen molar-refractivity contribution in [2.75, 3.05) is 25.5 Å². The minimum Gasteiger partial charge on any atom is -0.480 e. The van der Waals surface area contributed by atoms with Crippen molar-refractivity contribution in [1.82, 2.24) is 9.71 Å². The van der Waals surface area contributed by atoms with Gasteiger partial charge in [0.2, 0.25) is 10.0 Å². The maximum Gasteiger partial charge on any atom is 0.329 e. The normalized spacial score (nSPS) is 11.4. The maximum absolute atomic E-state index is 11.6. The highest BCUT2D eigenvalue weighted by Crippen LogP contribution is 1.99. The number of carboxylic acids is 1. The van der Waals surface area contributed by atoms with E-state index in [2.05, 4.69) is 9.71 Å². The molecule has 0 saturated heterocycles. The van der Waals surface area contributed by atoms with E-state index in [1.165, 1.54) is 0 Å². The van der Waals surface area contributed by atoms with Gasteiger partial charge >= 0.3 is 5.97 Å². The summed E-state index contributed by atoms with van der Waals surface area (Å²) in [5.41, 5.74) is 0.891. The smallest absolute Gasteiger partial charge is 0.329 e. The molecule has 0 saturated carbocycles. The van der Waals surface area contributed by atoms with Gasteiger partial charge in [-0.1, -0.05) is 0 Å². The minimum absolute atomic E-state index is 0.0286. The van der Waals surface area contributed by atoms with Crippen LogP contribution in [-0.2, 0) is 26.0 Å². The molecule has 19 heavy (non-hydrogen) atoms. The number of aromatic nitrogens is 1. The van der Waals surface area contributed by atoms with E-state index in [-0.39, 0.29) is 18.9 Å². The lowest BCUT2D eigenvalue weighted by Crippen LogP contribution is -2.30. The molecular weight excluding hydrogens is 272 g/mol. The molecule has 0 spiro atoms. The van der Waals surface area contributed by atoms with E-state index in [1.54, 1.807) is 24.5 Å². The molecule has 1 aromatic heterocycles. The summed E-state index contributed by atoms with van der Waals surface area (Å²) in [4.78, 5) is 14.0. The number of aliphatic carboxylic acids is 1. The van der Waals surface area contributed by atoms with Gasteiger partial charge in [0, 0.05) is 18.9 Å². The Labute approximate surface area is 111 Å². The standard InChI is InChI=1S/C11H16N2O5S/c14-11(15)9-18-7-6-13-19(16,17)8-3-10-1-4-12-5-2-10/h1-2,4-5,13H,3,6-9H2,(H,14,15).